The van der Waals surface area contributed by atoms with Crippen LogP contribution in [0.2, 0.25) is 5.02 Å². The summed E-state index contributed by atoms with van der Waals surface area (Å²) in [6.45, 7) is 9.77. The molecule has 3 aliphatic rings. The van der Waals surface area contributed by atoms with E-state index in [9.17, 15) is 15.3 Å². The van der Waals surface area contributed by atoms with Crippen LogP contribution in [0, 0.1) is 22.7 Å². The predicted octanol–water partition coefficient (Wildman–Crippen LogP) is 5.50. The van der Waals surface area contributed by atoms with Crippen LogP contribution in [0.3, 0.4) is 0 Å². The number of hydrogen-bond acceptors (Lipinski definition) is 11. The number of rotatable bonds is 8. The molecule has 0 radical (unpaired) electrons. The van der Waals surface area contributed by atoms with Crippen molar-refractivity contribution < 1.29 is 14.3 Å². The van der Waals surface area contributed by atoms with E-state index in [0.29, 0.717) is 59.7 Å². The molecule has 0 spiro atoms. The molecule has 2 unspecified atom stereocenters. The largest absolute Gasteiger partial charge is 0.497 e. The number of amides is 1. The van der Waals surface area contributed by atoms with Gasteiger partial charge in [0.2, 0.25) is 11.9 Å². The SMILES string of the molecule is CCN(Cc1ccc(OC)cc1)c1nc(Nc2cc(C#N)cc(N3CC4CC(C3)N4C(=O)OC(C)(C)C)c2Cl)nc2c(C#N)cnn12. The number of hydrogen-bond donors (Lipinski definition) is 1. The third-order valence-electron chi connectivity index (χ3n) is 8.24. The number of carbonyl (C=O) groups excluding carboxylic acids is 1. The number of benzene rings is 2. The molecule has 3 fully saturated rings. The van der Waals surface area contributed by atoms with Crippen molar-refractivity contribution in [2.75, 3.05) is 41.9 Å². The Bertz CT molecular complexity index is 1900. The number of anilines is 4. The van der Waals surface area contributed by atoms with Gasteiger partial charge in [0.05, 0.1) is 53.4 Å². The summed E-state index contributed by atoms with van der Waals surface area (Å²) in [5, 5.41) is 27.7. The van der Waals surface area contributed by atoms with E-state index in [4.69, 9.17) is 26.1 Å². The molecule has 2 atom stereocenters. The molecule has 0 aliphatic carbocycles. The van der Waals surface area contributed by atoms with E-state index in [2.05, 4.69) is 32.4 Å². The highest BCUT2D eigenvalue weighted by molar-refractivity contribution is 6.36. The van der Waals surface area contributed by atoms with Gasteiger partial charge >= 0.3 is 6.09 Å². The van der Waals surface area contributed by atoms with Crippen LogP contribution in [0.15, 0.2) is 42.6 Å². The third kappa shape index (κ3) is 6.27. The molecular weight excluding hydrogens is 620 g/mol. The van der Waals surface area contributed by atoms with Crippen LogP contribution < -0.4 is 19.9 Å². The molecule has 7 rings (SSSR count). The van der Waals surface area contributed by atoms with Gasteiger partial charge in [0.15, 0.2) is 5.65 Å². The van der Waals surface area contributed by atoms with Gasteiger partial charge in [-0.2, -0.15) is 30.1 Å². The molecular formula is C33H35ClN10O3. The van der Waals surface area contributed by atoms with E-state index in [1.807, 2.05) is 56.9 Å². The lowest BCUT2D eigenvalue weighted by molar-refractivity contribution is -0.0379. The van der Waals surface area contributed by atoms with Gasteiger partial charge in [-0.05, 0) is 63.9 Å². The van der Waals surface area contributed by atoms with Gasteiger partial charge in [0.25, 0.3) is 0 Å². The zero-order valence-corrected chi connectivity index (χ0v) is 27.6. The van der Waals surface area contributed by atoms with Gasteiger partial charge in [-0.25, -0.2) is 4.79 Å². The summed E-state index contributed by atoms with van der Waals surface area (Å²) >= 11 is 7.02. The fourth-order valence-electron chi connectivity index (χ4n) is 6.01. The maximum Gasteiger partial charge on any atom is 0.410 e. The Hall–Kier alpha value is -5.27. The highest BCUT2D eigenvalue weighted by atomic mass is 35.5. The number of carbonyl (C=O) groups is 1. The minimum Gasteiger partial charge on any atom is -0.497 e. The molecule has 3 saturated heterocycles. The summed E-state index contributed by atoms with van der Waals surface area (Å²) in [5.74, 6) is 1.43. The number of piperazine rings is 1. The van der Waals surface area contributed by atoms with Crippen molar-refractivity contribution >= 4 is 46.6 Å². The molecule has 14 heteroatoms. The molecule has 2 aromatic carbocycles. The third-order valence-corrected chi connectivity index (χ3v) is 8.63. The van der Waals surface area contributed by atoms with Gasteiger partial charge in [-0.3, -0.25) is 4.90 Å². The summed E-state index contributed by atoms with van der Waals surface area (Å²) in [5.41, 5.74) is 2.58. The van der Waals surface area contributed by atoms with E-state index < -0.39 is 5.60 Å². The average Bonchev–Trinajstić information content (AvgIpc) is 3.46. The Morgan fingerprint density at radius 1 is 1.13 bits per heavy atom. The first-order valence-corrected chi connectivity index (χ1v) is 15.7. The molecule has 5 heterocycles. The van der Waals surface area contributed by atoms with E-state index >= 15 is 0 Å². The van der Waals surface area contributed by atoms with Crippen LogP contribution in [-0.2, 0) is 11.3 Å². The van der Waals surface area contributed by atoms with Crippen molar-refractivity contribution in [2.45, 2.75) is 58.3 Å². The standard InChI is InChI=1S/C33H35ClN10O3/c1-6-41(17-20-7-9-25(46-5)10-8-20)31-40-30(39-29-22(15-36)16-37-44(29)31)38-26-11-21(14-35)12-27(28(26)34)42-18-23-13-24(19-42)43(23)32(45)47-33(2,3)4/h7-12,16,23-24H,6,13,17-19H2,1-5H3,(H,38,39). The van der Waals surface area contributed by atoms with E-state index in [1.54, 1.807) is 28.7 Å². The molecule has 4 aromatic rings. The second-order valence-electron chi connectivity index (χ2n) is 12.5. The number of nitrogens with zero attached hydrogens (tertiary/aromatic N) is 9. The Morgan fingerprint density at radius 3 is 2.47 bits per heavy atom. The lowest BCUT2D eigenvalue weighted by atomic mass is 9.87. The fourth-order valence-corrected chi connectivity index (χ4v) is 6.29. The lowest BCUT2D eigenvalue weighted by Gasteiger charge is -2.56. The first kappa shape index (κ1) is 31.7. The molecule has 13 nitrogen and oxygen atoms in total. The van der Waals surface area contributed by atoms with Gasteiger partial charge in [-0.1, -0.05) is 23.7 Å². The van der Waals surface area contributed by atoms with Gasteiger partial charge in [0, 0.05) is 26.2 Å². The quantitative estimate of drug-likeness (QED) is 0.257. The maximum absolute atomic E-state index is 12.8. The summed E-state index contributed by atoms with van der Waals surface area (Å²) in [6.07, 6.45) is 2.03. The van der Waals surface area contributed by atoms with E-state index in [-0.39, 0.29) is 29.7 Å². The van der Waals surface area contributed by atoms with E-state index in [1.165, 1.54) is 6.20 Å². The number of fused-ring (bicyclic) bond motifs is 3. The Kier molecular flexibility index (Phi) is 8.43. The second-order valence-corrected chi connectivity index (χ2v) is 12.9. The van der Waals surface area contributed by atoms with Gasteiger partial charge < -0.3 is 24.6 Å². The fraction of sp³-hybridized carbons (Fsp3) is 0.394. The number of piperidine rings is 1. The predicted molar refractivity (Wildman–Crippen MR) is 177 cm³/mol. The molecule has 242 valence electrons. The van der Waals surface area contributed by atoms with Gasteiger partial charge in [0.1, 0.15) is 23.0 Å². The van der Waals surface area contributed by atoms with Crippen LogP contribution in [0.25, 0.3) is 5.65 Å². The highest BCUT2D eigenvalue weighted by Crippen LogP contribution is 2.41. The molecule has 2 aromatic heterocycles. The first-order valence-electron chi connectivity index (χ1n) is 15.3. The highest BCUT2D eigenvalue weighted by Gasteiger charge is 2.49. The molecule has 1 amide bonds. The minimum absolute atomic E-state index is 0.0212. The molecule has 47 heavy (non-hydrogen) atoms. The number of ether oxygens (including phenoxy) is 2. The minimum atomic E-state index is -0.578. The smallest absolute Gasteiger partial charge is 0.410 e. The summed E-state index contributed by atoms with van der Waals surface area (Å²) in [4.78, 5) is 28.2. The van der Waals surface area contributed by atoms with Crippen molar-refractivity contribution in [1.82, 2.24) is 24.5 Å². The van der Waals surface area contributed by atoms with Crippen molar-refractivity contribution in [2.24, 2.45) is 0 Å². The van der Waals surface area contributed by atoms with E-state index in [0.717, 1.165) is 17.7 Å². The van der Waals surface area contributed by atoms with Crippen molar-refractivity contribution in [1.29, 1.82) is 10.5 Å². The maximum atomic E-state index is 12.8. The second kappa shape index (κ2) is 12.5. The summed E-state index contributed by atoms with van der Waals surface area (Å²) < 4.78 is 12.5. The number of aromatic nitrogens is 4. The number of nitrogens with one attached hydrogen (secondary N) is 1. The molecule has 3 aliphatic heterocycles. The first-order chi connectivity index (χ1) is 22.5. The van der Waals surface area contributed by atoms with Crippen molar-refractivity contribution in [3.63, 3.8) is 0 Å². The average molecular weight is 655 g/mol. The monoisotopic (exact) mass is 654 g/mol. The number of nitriles is 2. The topological polar surface area (TPSA) is 148 Å². The van der Waals surface area contributed by atoms with Crippen LogP contribution >= 0.6 is 11.6 Å². The Morgan fingerprint density at radius 2 is 1.85 bits per heavy atom. The summed E-state index contributed by atoms with van der Waals surface area (Å²) in [6, 6.07) is 15.5. The van der Waals surface area contributed by atoms with Crippen LogP contribution in [0.5, 0.6) is 5.75 Å². The van der Waals surface area contributed by atoms with Crippen molar-refractivity contribution in [3.8, 4) is 17.9 Å². The van der Waals surface area contributed by atoms with Crippen LogP contribution in [0.4, 0.5) is 28.1 Å². The van der Waals surface area contributed by atoms with Crippen molar-refractivity contribution in [3.05, 3.63) is 64.3 Å². The van der Waals surface area contributed by atoms with Gasteiger partial charge in [-0.15, -0.1) is 0 Å². The molecule has 1 N–H and O–H groups in total. The normalized spacial score (nSPS) is 17.0. The summed E-state index contributed by atoms with van der Waals surface area (Å²) in [7, 11) is 1.63. The molecule has 0 saturated carbocycles. The lowest BCUT2D eigenvalue weighted by Crippen LogP contribution is -2.70. The van der Waals surface area contributed by atoms with Crippen LogP contribution in [0.1, 0.15) is 50.8 Å². The molecule has 2 bridgehead atoms. The Balaban J connectivity index is 1.31. The number of methoxy groups -OCH3 is 1. The zero-order valence-electron chi connectivity index (χ0n) is 26.9. The number of halogens is 1. The van der Waals surface area contributed by atoms with Crippen LogP contribution in [-0.4, -0.2) is 75.0 Å². The Labute approximate surface area is 277 Å². The zero-order chi connectivity index (χ0) is 33.5.